The molecule has 0 spiro atoms. The molecule has 3 heterocycles. The van der Waals surface area contributed by atoms with Crippen molar-refractivity contribution in [3.63, 3.8) is 0 Å². The zero-order valence-electron chi connectivity index (χ0n) is 12.7. The fraction of sp³-hybridized carbons (Fsp3) is 0.353. The largest absolute Gasteiger partial charge is 0.490 e. The van der Waals surface area contributed by atoms with Crippen molar-refractivity contribution in [3.8, 4) is 5.75 Å². The van der Waals surface area contributed by atoms with Crippen LogP contribution in [0.2, 0.25) is 5.15 Å². The molecule has 1 aliphatic rings. The van der Waals surface area contributed by atoms with Gasteiger partial charge in [0.2, 0.25) is 0 Å². The van der Waals surface area contributed by atoms with Crippen LogP contribution >= 0.6 is 11.6 Å². The number of rotatable bonds is 4. The smallest absolute Gasteiger partial charge is 0.272 e. The Balaban J connectivity index is 1.69. The van der Waals surface area contributed by atoms with Gasteiger partial charge in [-0.3, -0.25) is 9.78 Å². The highest BCUT2D eigenvalue weighted by Gasteiger charge is 2.28. The van der Waals surface area contributed by atoms with Crippen LogP contribution in [0.5, 0.6) is 5.75 Å². The van der Waals surface area contributed by atoms with Crippen molar-refractivity contribution in [3.05, 3.63) is 53.6 Å². The van der Waals surface area contributed by atoms with Crippen LogP contribution in [0.25, 0.3) is 0 Å². The molecule has 5 nitrogen and oxygen atoms in total. The zero-order chi connectivity index (χ0) is 16.1. The van der Waals surface area contributed by atoms with Crippen molar-refractivity contribution in [2.75, 3.05) is 13.2 Å². The van der Waals surface area contributed by atoms with Gasteiger partial charge in [-0.05, 0) is 43.5 Å². The second kappa shape index (κ2) is 7.42. The van der Waals surface area contributed by atoms with Gasteiger partial charge in [-0.1, -0.05) is 17.7 Å². The molecule has 0 bridgehead atoms. The van der Waals surface area contributed by atoms with Gasteiger partial charge < -0.3 is 9.64 Å². The van der Waals surface area contributed by atoms with Crippen LogP contribution in [0.15, 0.2) is 42.7 Å². The maximum Gasteiger partial charge on any atom is 0.272 e. The molecule has 0 saturated carbocycles. The SMILES string of the molecule is O=C(c1cccc(Cl)n1)N1CCCCC1COc1cccnc1. The normalized spacial score (nSPS) is 17.8. The van der Waals surface area contributed by atoms with Gasteiger partial charge >= 0.3 is 0 Å². The second-order valence-electron chi connectivity index (χ2n) is 5.49. The van der Waals surface area contributed by atoms with Gasteiger partial charge in [-0.25, -0.2) is 4.98 Å². The number of carbonyl (C=O) groups excluding carboxylic acids is 1. The van der Waals surface area contributed by atoms with E-state index in [9.17, 15) is 4.79 Å². The summed E-state index contributed by atoms with van der Waals surface area (Å²) in [6, 6.07) is 8.83. The molecule has 120 valence electrons. The number of amides is 1. The third-order valence-electron chi connectivity index (χ3n) is 3.90. The molecule has 0 N–H and O–H groups in total. The summed E-state index contributed by atoms with van der Waals surface area (Å²) in [5, 5.41) is 0.330. The van der Waals surface area contributed by atoms with Crippen molar-refractivity contribution in [1.82, 2.24) is 14.9 Å². The summed E-state index contributed by atoms with van der Waals surface area (Å²) in [6.07, 6.45) is 6.39. The lowest BCUT2D eigenvalue weighted by Gasteiger charge is -2.35. The Morgan fingerprint density at radius 1 is 1.30 bits per heavy atom. The van der Waals surface area contributed by atoms with Gasteiger partial charge in [0, 0.05) is 12.7 Å². The van der Waals surface area contributed by atoms with Crippen LogP contribution in [0, 0.1) is 0 Å². The van der Waals surface area contributed by atoms with E-state index < -0.39 is 0 Å². The average molecular weight is 332 g/mol. The summed E-state index contributed by atoms with van der Waals surface area (Å²) in [5.41, 5.74) is 0.380. The van der Waals surface area contributed by atoms with Gasteiger partial charge in [0.25, 0.3) is 5.91 Å². The van der Waals surface area contributed by atoms with Crippen LogP contribution in [-0.2, 0) is 0 Å². The lowest BCUT2D eigenvalue weighted by molar-refractivity contribution is 0.0522. The van der Waals surface area contributed by atoms with E-state index in [1.807, 2.05) is 17.0 Å². The van der Waals surface area contributed by atoms with E-state index in [-0.39, 0.29) is 11.9 Å². The second-order valence-corrected chi connectivity index (χ2v) is 5.88. The molecule has 0 aromatic carbocycles. The standard InChI is InChI=1S/C17H18ClN3O2/c18-16-8-3-7-15(20-16)17(22)21-10-2-1-5-13(21)12-23-14-6-4-9-19-11-14/h3-4,6-9,11,13H,1-2,5,10,12H2. The molecule has 2 aromatic rings. The number of nitrogens with zero attached hydrogens (tertiary/aromatic N) is 3. The summed E-state index contributed by atoms with van der Waals surface area (Å²) < 4.78 is 5.78. The van der Waals surface area contributed by atoms with Crippen LogP contribution < -0.4 is 4.74 Å². The number of hydrogen-bond acceptors (Lipinski definition) is 4. The highest BCUT2D eigenvalue weighted by Crippen LogP contribution is 2.21. The molecular weight excluding hydrogens is 314 g/mol. The molecule has 6 heteroatoms. The van der Waals surface area contributed by atoms with Crippen molar-refractivity contribution < 1.29 is 9.53 Å². The van der Waals surface area contributed by atoms with Gasteiger partial charge in [0.15, 0.2) is 0 Å². The lowest BCUT2D eigenvalue weighted by atomic mass is 10.0. The first-order chi connectivity index (χ1) is 11.2. The lowest BCUT2D eigenvalue weighted by Crippen LogP contribution is -2.47. The first-order valence-electron chi connectivity index (χ1n) is 7.70. The van der Waals surface area contributed by atoms with E-state index in [1.54, 1.807) is 30.6 Å². The first kappa shape index (κ1) is 15.7. The minimum atomic E-state index is -0.0908. The predicted molar refractivity (Wildman–Crippen MR) is 87.7 cm³/mol. The van der Waals surface area contributed by atoms with Gasteiger partial charge in [0.05, 0.1) is 12.2 Å². The number of likely N-dealkylation sites (tertiary alicyclic amines) is 1. The van der Waals surface area contributed by atoms with Crippen LogP contribution in [-0.4, -0.2) is 40.0 Å². The third-order valence-corrected chi connectivity index (χ3v) is 4.11. The van der Waals surface area contributed by atoms with Crippen molar-refractivity contribution in [2.45, 2.75) is 25.3 Å². The molecule has 0 aliphatic carbocycles. The molecule has 1 saturated heterocycles. The quantitative estimate of drug-likeness (QED) is 0.807. The Bertz CT molecular complexity index is 666. The molecule has 1 aliphatic heterocycles. The Kier molecular flexibility index (Phi) is 5.08. The van der Waals surface area contributed by atoms with E-state index in [0.717, 1.165) is 19.3 Å². The van der Waals surface area contributed by atoms with Crippen LogP contribution in [0.1, 0.15) is 29.8 Å². The maximum absolute atomic E-state index is 12.7. The summed E-state index contributed by atoms with van der Waals surface area (Å²) in [5.74, 6) is 0.623. The minimum absolute atomic E-state index is 0.0391. The highest BCUT2D eigenvalue weighted by molar-refractivity contribution is 6.29. The van der Waals surface area contributed by atoms with Crippen molar-refractivity contribution in [2.24, 2.45) is 0 Å². The molecule has 0 radical (unpaired) electrons. The Labute approximate surface area is 140 Å². The van der Waals surface area contributed by atoms with Crippen molar-refractivity contribution in [1.29, 1.82) is 0 Å². The fourth-order valence-corrected chi connectivity index (χ4v) is 2.90. The van der Waals surface area contributed by atoms with E-state index >= 15 is 0 Å². The first-order valence-corrected chi connectivity index (χ1v) is 8.08. The summed E-state index contributed by atoms with van der Waals surface area (Å²) in [7, 11) is 0. The highest BCUT2D eigenvalue weighted by atomic mass is 35.5. The van der Waals surface area contributed by atoms with Crippen LogP contribution in [0.4, 0.5) is 0 Å². The topological polar surface area (TPSA) is 55.3 Å². The molecule has 23 heavy (non-hydrogen) atoms. The molecule has 1 amide bonds. The van der Waals surface area contributed by atoms with Gasteiger partial charge in [-0.15, -0.1) is 0 Å². The number of hydrogen-bond donors (Lipinski definition) is 0. The Morgan fingerprint density at radius 2 is 2.22 bits per heavy atom. The zero-order valence-corrected chi connectivity index (χ0v) is 13.4. The fourth-order valence-electron chi connectivity index (χ4n) is 2.74. The molecule has 3 rings (SSSR count). The summed E-state index contributed by atoms with van der Waals surface area (Å²) in [6.45, 7) is 1.17. The summed E-state index contributed by atoms with van der Waals surface area (Å²) in [4.78, 5) is 22.7. The number of piperidine rings is 1. The number of halogens is 1. The average Bonchev–Trinajstić information content (AvgIpc) is 2.60. The minimum Gasteiger partial charge on any atom is -0.490 e. The number of pyridine rings is 2. The monoisotopic (exact) mass is 331 g/mol. The Morgan fingerprint density at radius 3 is 3.00 bits per heavy atom. The van der Waals surface area contributed by atoms with E-state index in [0.29, 0.717) is 29.7 Å². The van der Waals surface area contributed by atoms with Gasteiger partial charge in [0.1, 0.15) is 23.2 Å². The molecular formula is C17H18ClN3O2. The number of ether oxygens (including phenoxy) is 1. The molecule has 2 aromatic heterocycles. The van der Waals surface area contributed by atoms with Crippen LogP contribution in [0.3, 0.4) is 0 Å². The summed E-state index contributed by atoms with van der Waals surface area (Å²) >= 11 is 5.89. The van der Waals surface area contributed by atoms with E-state index in [4.69, 9.17) is 16.3 Å². The van der Waals surface area contributed by atoms with E-state index in [1.165, 1.54) is 0 Å². The predicted octanol–water partition coefficient (Wildman–Crippen LogP) is 3.20. The third kappa shape index (κ3) is 3.99. The number of carbonyl (C=O) groups is 1. The number of aromatic nitrogens is 2. The Hall–Kier alpha value is -2.14. The molecule has 1 atom stereocenters. The van der Waals surface area contributed by atoms with E-state index in [2.05, 4.69) is 9.97 Å². The molecule has 1 unspecified atom stereocenters. The van der Waals surface area contributed by atoms with Gasteiger partial charge in [-0.2, -0.15) is 0 Å². The van der Waals surface area contributed by atoms with Crippen molar-refractivity contribution >= 4 is 17.5 Å². The molecule has 1 fully saturated rings. The maximum atomic E-state index is 12.7.